The molecule has 1 aliphatic heterocycles. The predicted molar refractivity (Wildman–Crippen MR) is 100 cm³/mol. The Morgan fingerprint density at radius 2 is 1.75 bits per heavy atom. The highest BCUT2D eigenvalue weighted by Crippen LogP contribution is 2.30. The zero-order valence-corrected chi connectivity index (χ0v) is 16.1. The number of nitrogens with zero attached hydrogens (tertiary/aromatic N) is 4. The number of hydrogen-bond acceptors (Lipinski definition) is 4. The molecule has 0 spiro atoms. The van der Waals surface area contributed by atoms with E-state index in [0.717, 1.165) is 29.5 Å². The van der Waals surface area contributed by atoms with Gasteiger partial charge in [0, 0.05) is 49.4 Å². The molecule has 1 aromatic carbocycles. The van der Waals surface area contributed by atoms with Crippen molar-refractivity contribution in [2.45, 2.75) is 32.9 Å². The topological polar surface area (TPSA) is 49.3 Å². The highest BCUT2D eigenvalue weighted by molar-refractivity contribution is 5.94. The second-order valence-electron chi connectivity index (χ2n) is 7.24. The number of hydrogen-bond donors (Lipinski definition) is 0. The lowest BCUT2D eigenvalue weighted by Gasteiger charge is -2.35. The van der Waals surface area contributed by atoms with Gasteiger partial charge in [-0.1, -0.05) is 19.9 Å². The maximum Gasteiger partial charge on any atom is 0.416 e. The molecule has 8 heteroatoms. The molecule has 28 heavy (non-hydrogen) atoms. The Bertz CT molecular complexity index is 859. The molecule has 0 N–H and O–H groups in total. The van der Waals surface area contributed by atoms with E-state index < -0.39 is 11.7 Å². The van der Waals surface area contributed by atoms with Gasteiger partial charge in [0.25, 0.3) is 5.91 Å². The smallest absolute Gasteiger partial charge is 0.353 e. The SMILES string of the molecule is Cc1cc(N2CCN(C(=O)c3cccc(C(F)(F)F)c3)CC2)nc(C(C)C)n1. The summed E-state index contributed by atoms with van der Waals surface area (Å²) in [5.41, 5.74) is 0.133. The molecule has 5 nitrogen and oxygen atoms in total. The quantitative estimate of drug-likeness (QED) is 0.795. The number of benzene rings is 1. The Balaban J connectivity index is 1.70. The molecule has 1 saturated heterocycles. The Morgan fingerprint density at radius 3 is 2.36 bits per heavy atom. The van der Waals surface area contributed by atoms with Gasteiger partial charge in [0.2, 0.25) is 0 Å². The molecule has 1 aliphatic rings. The minimum absolute atomic E-state index is 0.0586. The molecule has 1 fully saturated rings. The first kappa shape index (κ1) is 20.1. The van der Waals surface area contributed by atoms with Crippen LogP contribution in [0.15, 0.2) is 30.3 Å². The van der Waals surface area contributed by atoms with Crippen molar-refractivity contribution < 1.29 is 18.0 Å². The fourth-order valence-corrected chi connectivity index (χ4v) is 3.14. The number of alkyl halides is 3. The fraction of sp³-hybridized carbons (Fsp3) is 0.450. The first-order valence-electron chi connectivity index (χ1n) is 9.22. The highest BCUT2D eigenvalue weighted by Gasteiger charge is 2.31. The van der Waals surface area contributed by atoms with Crippen LogP contribution in [-0.2, 0) is 6.18 Å². The molecular weight excluding hydrogens is 369 g/mol. The lowest BCUT2D eigenvalue weighted by Crippen LogP contribution is -2.49. The maximum absolute atomic E-state index is 12.9. The molecule has 0 radical (unpaired) electrons. The van der Waals surface area contributed by atoms with Crippen molar-refractivity contribution in [2.24, 2.45) is 0 Å². The van der Waals surface area contributed by atoms with Crippen molar-refractivity contribution in [1.29, 1.82) is 0 Å². The number of carbonyl (C=O) groups is 1. The van der Waals surface area contributed by atoms with Gasteiger partial charge in [-0.15, -0.1) is 0 Å². The van der Waals surface area contributed by atoms with Crippen molar-refractivity contribution in [3.05, 3.63) is 53.0 Å². The summed E-state index contributed by atoms with van der Waals surface area (Å²) in [5, 5.41) is 0. The molecule has 150 valence electrons. The van der Waals surface area contributed by atoms with E-state index in [-0.39, 0.29) is 17.4 Å². The second kappa shape index (κ2) is 7.77. The van der Waals surface area contributed by atoms with Gasteiger partial charge < -0.3 is 9.80 Å². The van der Waals surface area contributed by atoms with Crippen molar-refractivity contribution in [3.63, 3.8) is 0 Å². The zero-order valence-electron chi connectivity index (χ0n) is 16.1. The van der Waals surface area contributed by atoms with Gasteiger partial charge in [-0.05, 0) is 25.1 Å². The molecule has 2 aromatic rings. The largest absolute Gasteiger partial charge is 0.416 e. The van der Waals surface area contributed by atoms with Crippen LogP contribution in [0.3, 0.4) is 0 Å². The third-order valence-corrected chi connectivity index (χ3v) is 4.70. The first-order valence-corrected chi connectivity index (χ1v) is 9.22. The summed E-state index contributed by atoms with van der Waals surface area (Å²) in [5.74, 6) is 1.43. The standard InChI is InChI=1S/C20H23F3N4O/c1-13(2)18-24-14(3)11-17(25-18)26-7-9-27(10-8-26)19(28)15-5-4-6-16(12-15)20(21,22)23/h4-6,11-13H,7-10H2,1-3H3. The number of aryl methyl sites for hydroxylation is 1. The summed E-state index contributed by atoms with van der Waals surface area (Å²) in [4.78, 5) is 25.4. The number of anilines is 1. The minimum Gasteiger partial charge on any atom is -0.353 e. The summed E-state index contributed by atoms with van der Waals surface area (Å²) in [6.07, 6.45) is -4.46. The normalized spacial score (nSPS) is 15.2. The van der Waals surface area contributed by atoms with E-state index in [0.29, 0.717) is 26.2 Å². The molecule has 0 atom stereocenters. The molecule has 2 heterocycles. The predicted octanol–water partition coefficient (Wildman–Crippen LogP) is 3.89. The molecule has 1 amide bonds. The van der Waals surface area contributed by atoms with Crippen molar-refractivity contribution in [2.75, 3.05) is 31.1 Å². The Labute approximate surface area is 162 Å². The molecule has 0 bridgehead atoms. The number of carbonyl (C=O) groups excluding carboxylic acids is 1. The summed E-state index contributed by atoms with van der Waals surface area (Å²) in [6.45, 7) is 7.97. The lowest BCUT2D eigenvalue weighted by molar-refractivity contribution is -0.137. The van der Waals surface area contributed by atoms with E-state index in [1.165, 1.54) is 12.1 Å². The molecule has 0 aliphatic carbocycles. The maximum atomic E-state index is 12.9. The second-order valence-corrected chi connectivity index (χ2v) is 7.24. The Morgan fingerprint density at radius 1 is 1.07 bits per heavy atom. The van der Waals surface area contributed by atoms with E-state index in [9.17, 15) is 18.0 Å². The summed E-state index contributed by atoms with van der Waals surface area (Å²) >= 11 is 0. The molecule has 0 unspecified atom stereocenters. The van der Waals surface area contributed by atoms with Gasteiger partial charge in [-0.25, -0.2) is 9.97 Å². The van der Waals surface area contributed by atoms with E-state index >= 15 is 0 Å². The third-order valence-electron chi connectivity index (χ3n) is 4.70. The van der Waals surface area contributed by atoms with E-state index in [2.05, 4.69) is 14.9 Å². The van der Waals surface area contributed by atoms with E-state index in [1.807, 2.05) is 26.8 Å². The van der Waals surface area contributed by atoms with Crippen LogP contribution >= 0.6 is 0 Å². The molecule has 3 rings (SSSR count). The van der Waals surface area contributed by atoms with Crippen LogP contribution in [0.2, 0.25) is 0 Å². The number of halogens is 3. The summed E-state index contributed by atoms with van der Waals surface area (Å²) < 4.78 is 38.7. The fourth-order valence-electron chi connectivity index (χ4n) is 3.14. The average molecular weight is 392 g/mol. The van der Waals surface area contributed by atoms with Gasteiger partial charge in [0.15, 0.2) is 0 Å². The Hall–Kier alpha value is -2.64. The number of aromatic nitrogens is 2. The van der Waals surface area contributed by atoms with Crippen molar-refractivity contribution in [3.8, 4) is 0 Å². The summed E-state index contributed by atoms with van der Waals surface area (Å²) in [6, 6.07) is 6.49. The van der Waals surface area contributed by atoms with Gasteiger partial charge in [-0.2, -0.15) is 13.2 Å². The van der Waals surface area contributed by atoms with Crippen LogP contribution in [0.5, 0.6) is 0 Å². The van der Waals surface area contributed by atoms with Gasteiger partial charge in [0.05, 0.1) is 5.56 Å². The monoisotopic (exact) mass is 392 g/mol. The van der Waals surface area contributed by atoms with E-state index in [4.69, 9.17) is 0 Å². The summed E-state index contributed by atoms with van der Waals surface area (Å²) in [7, 11) is 0. The van der Waals surface area contributed by atoms with Crippen LogP contribution < -0.4 is 4.90 Å². The number of amides is 1. The van der Waals surface area contributed by atoms with Crippen LogP contribution in [0.25, 0.3) is 0 Å². The van der Waals surface area contributed by atoms with Crippen molar-refractivity contribution >= 4 is 11.7 Å². The lowest BCUT2D eigenvalue weighted by atomic mass is 10.1. The van der Waals surface area contributed by atoms with Gasteiger partial charge in [-0.3, -0.25) is 4.79 Å². The third kappa shape index (κ3) is 4.43. The van der Waals surface area contributed by atoms with Crippen LogP contribution in [0.1, 0.15) is 47.2 Å². The number of piperazine rings is 1. The first-order chi connectivity index (χ1) is 13.1. The van der Waals surface area contributed by atoms with Gasteiger partial charge in [0.1, 0.15) is 11.6 Å². The average Bonchev–Trinajstić information content (AvgIpc) is 2.66. The van der Waals surface area contributed by atoms with Crippen LogP contribution in [-0.4, -0.2) is 47.0 Å². The zero-order chi connectivity index (χ0) is 20.5. The Kier molecular flexibility index (Phi) is 5.58. The molecular formula is C20H23F3N4O. The van der Waals surface area contributed by atoms with Crippen LogP contribution in [0.4, 0.5) is 19.0 Å². The van der Waals surface area contributed by atoms with Crippen molar-refractivity contribution in [1.82, 2.24) is 14.9 Å². The number of rotatable bonds is 3. The van der Waals surface area contributed by atoms with Crippen LogP contribution in [0, 0.1) is 6.92 Å². The minimum atomic E-state index is -4.46. The molecule has 1 aromatic heterocycles. The highest BCUT2D eigenvalue weighted by atomic mass is 19.4. The van der Waals surface area contributed by atoms with Gasteiger partial charge >= 0.3 is 6.18 Å². The molecule has 0 saturated carbocycles. The van der Waals surface area contributed by atoms with E-state index in [1.54, 1.807) is 4.90 Å².